The molecule has 0 aliphatic carbocycles. The van der Waals surface area contributed by atoms with Gasteiger partial charge in [-0.1, -0.05) is 6.07 Å². The fraction of sp³-hybridized carbons (Fsp3) is 0.500. The molecular formula is C14H18FN3. The number of nitrogens with zero attached hydrogens (tertiary/aromatic N) is 2. The first-order valence-corrected chi connectivity index (χ1v) is 6.30. The van der Waals surface area contributed by atoms with Gasteiger partial charge in [-0.05, 0) is 30.2 Å². The zero-order chi connectivity index (χ0) is 13.0. The SMILES string of the molecule is Cc1ccc(F)cc1[C@H](CC#N)N1CCNCC1. The van der Waals surface area contributed by atoms with E-state index in [2.05, 4.69) is 16.3 Å². The minimum atomic E-state index is -0.228. The molecule has 18 heavy (non-hydrogen) atoms. The largest absolute Gasteiger partial charge is 0.314 e. The van der Waals surface area contributed by atoms with Gasteiger partial charge in [0.25, 0.3) is 0 Å². The Labute approximate surface area is 107 Å². The van der Waals surface area contributed by atoms with Gasteiger partial charge < -0.3 is 5.32 Å². The molecule has 3 nitrogen and oxygen atoms in total. The summed E-state index contributed by atoms with van der Waals surface area (Å²) in [7, 11) is 0. The van der Waals surface area contributed by atoms with Crippen molar-refractivity contribution in [3.05, 3.63) is 35.1 Å². The molecule has 96 valence electrons. The number of piperazine rings is 1. The highest BCUT2D eigenvalue weighted by Gasteiger charge is 2.23. The standard InChI is InChI=1S/C14H18FN3/c1-11-2-3-12(15)10-13(11)14(4-5-16)18-8-6-17-7-9-18/h2-3,10,14,17H,4,6-9H2,1H3/t14-/m0/s1. The highest BCUT2D eigenvalue weighted by molar-refractivity contribution is 5.30. The van der Waals surface area contributed by atoms with E-state index >= 15 is 0 Å². The number of aryl methyl sites for hydroxylation is 1. The van der Waals surface area contributed by atoms with Gasteiger partial charge in [0, 0.05) is 32.2 Å². The maximum absolute atomic E-state index is 13.4. The smallest absolute Gasteiger partial charge is 0.123 e. The third kappa shape index (κ3) is 2.87. The van der Waals surface area contributed by atoms with Crippen LogP contribution in [-0.4, -0.2) is 31.1 Å². The molecule has 1 N–H and O–H groups in total. The first-order valence-electron chi connectivity index (χ1n) is 6.30. The average molecular weight is 247 g/mol. The summed E-state index contributed by atoms with van der Waals surface area (Å²) in [5.41, 5.74) is 1.99. The number of hydrogen-bond acceptors (Lipinski definition) is 3. The molecule has 1 atom stereocenters. The molecule has 0 spiro atoms. The molecule has 0 unspecified atom stereocenters. The second-order valence-corrected chi connectivity index (χ2v) is 4.66. The molecule has 1 fully saturated rings. The first-order chi connectivity index (χ1) is 8.72. The molecule has 2 rings (SSSR count). The van der Waals surface area contributed by atoms with Crippen LogP contribution in [0.15, 0.2) is 18.2 Å². The third-order valence-electron chi connectivity index (χ3n) is 3.48. The number of benzene rings is 1. The van der Waals surface area contributed by atoms with E-state index in [-0.39, 0.29) is 11.9 Å². The summed E-state index contributed by atoms with van der Waals surface area (Å²) in [4.78, 5) is 2.27. The highest BCUT2D eigenvalue weighted by atomic mass is 19.1. The van der Waals surface area contributed by atoms with E-state index in [1.807, 2.05) is 6.92 Å². The summed E-state index contributed by atoms with van der Waals surface area (Å²) in [6.07, 6.45) is 0.407. The minimum absolute atomic E-state index is 0.00722. The van der Waals surface area contributed by atoms with Crippen LogP contribution in [0.4, 0.5) is 4.39 Å². The molecule has 4 heteroatoms. The van der Waals surface area contributed by atoms with Crippen molar-refractivity contribution < 1.29 is 4.39 Å². The van der Waals surface area contributed by atoms with E-state index in [0.717, 1.165) is 37.3 Å². The zero-order valence-corrected chi connectivity index (χ0v) is 10.6. The van der Waals surface area contributed by atoms with Gasteiger partial charge in [-0.25, -0.2) is 4.39 Å². The van der Waals surface area contributed by atoms with Gasteiger partial charge in [-0.15, -0.1) is 0 Å². The maximum Gasteiger partial charge on any atom is 0.123 e. The van der Waals surface area contributed by atoms with E-state index in [4.69, 9.17) is 5.26 Å². The first kappa shape index (κ1) is 13.0. The van der Waals surface area contributed by atoms with Gasteiger partial charge in [0.05, 0.1) is 12.5 Å². The number of rotatable bonds is 3. The summed E-state index contributed by atoms with van der Waals surface area (Å²) in [6, 6.07) is 7.06. The lowest BCUT2D eigenvalue weighted by molar-refractivity contribution is 0.175. The lowest BCUT2D eigenvalue weighted by Crippen LogP contribution is -2.45. The van der Waals surface area contributed by atoms with Gasteiger partial charge in [-0.3, -0.25) is 4.90 Å². The average Bonchev–Trinajstić information content (AvgIpc) is 2.40. The Morgan fingerprint density at radius 3 is 2.83 bits per heavy atom. The molecular weight excluding hydrogens is 229 g/mol. The van der Waals surface area contributed by atoms with E-state index in [1.54, 1.807) is 12.1 Å². The van der Waals surface area contributed by atoms with Crippen molar-refractivity contribution in [2.24, 2.45) is 0 Å². The van der Waals surface area contributed by atoms with Crippen molar-refractivity contribution in [2.75, 3.05) is 26.2 Å². The molecule has 0 aromatic heterocycles. The topological polar surface area (TPSA) is 39.1 Å². The zero-order valence-electron chi connectivity index (χ0n) is 10.6. The Hall–Kier alpha value is -1.44. The van der Waals surface area contributed by atoms with Crippen molar-refractivity contribution in [3.8, 4) is 6.07 Å². The number of hydrogen-bond donors (Lipinski definition) is 1. The van der Waals surface area contributed by atoms with Crippen molar-refractivity contribution in [1.29, 1.82) is 5.26 Å². The van der Waals surface area contributed by atoms with Crippen LogP contribution >= 0.6 is 0 Å². The summed E-state index contributed by atoms with van der Waals surface area (Å²) >= 11 is 0. The second-order valence-electron chi connectivity index (χ2n) is 4.66. The molecule has 0 radical (unpaired) electrons. The minimum Gasteiger partial charge on any atom is -0.314 e. The van der Waals surface area contributed by atoms with Crippen LogP contribution in [0.3, 0.4) is 0 Å². The molecule has 1 aromatic rings. The van der Waals surface area contributed by atoms with Crippen LogP contribution in [0.1, 0.15) is 23.6 Å². The molecule has 1 heterocycles. The van der Waals surface area contributed by atoms with Crippen molar-refractivity contribution in [2.45, 2.75) is 19.4 Å². The van der Waals surface area contributed by atoms with Crippen LogP contribution < -0.4 is 5.32 Å². The normalized spacial score (nSPS) is 18.3. The molecule has 0 amide bonds. The Bertz CT molecular complexity index is 447. The Morgan fingerprint density at radius 1 is 1.44 bits per heavy atom. The van der Waals surface area contributed by atoms with Gasteiger partial charge in [0.2, 0.25) is 0 Å². The summed E-state index contributed by atoms with van der Waals surface area (Å²) in [5, 5.41) is 12.3. The summed E-state index contributed by atoms with van der Waals surface area (Å²) in [5.74, 6) is -0.228. The van der Waals surface area contributed by atoms with Crippen LogP contribution in [-0.2, 0) is 0 Å². The molecule has 1 aromatic carbocycles. The van der Waals surface area contributed by atoms with E-state index < -0.39 is 0 Å². The van der Waals surface area contributed by atoms with Crippen molar-refractivity contribution in [3.63, 3.8) is 0 Å². The Balaban J connectivity index is 2.28. The van der Waals surface area contributed by atoms with Crippen molar-refractivity contribution in [1.82, 2.24) is 10.2 Å². The van der Waals surface area contributed by atoms with Crippen LogP contribution in [0.5, 0.6) is 0 Å². The molecule has 1 aliphatic rings. The third-order valence-corrected chi connectivity index (χ3v) is 3.48. The molecule has 1 aliphatic heterocycles. The fourth-order valence-electron chi connectivity index (χ4n) is 2.49. The fourth-order valence-corrected chi connectivity index (χ4v) is 2.49. The number of nitrogens with one attached hydrogen (secondary N) is 1. The van der Waals surface area contributed by atoms with Crippen LogP contribution in [0, 0.1) is 24.1 Å². The highest BCUT2D eigenvalue weighted by Crippen LogP contribution is 2.27. The Morgan fingerprint density at radius 2 is 2.17 bits per heavy atom. The Kier molecular flexibility index (Phi) is 4.29. The van der Waals surface area contributed by atoms with E-state index in [9.17, 15) is 4.39 Å². The number of halogens is 1. The lowest BCUT2D eigenvalue weighted by Gasteiger charge is -2.34. The van der Waals surface area contributed by atoms with E-state index in [1.165, 1.54) is 6.07 Å². The van der Waals surface area contributed by atoms with Gasteiger partial charge in [-0.2, -0.15) is 5.26 Å². The predicted octanol–water partition coefficient (Wildman–Crippen LogP) is 1.99. The second kappa shape index (κ2) is 5.94. The molecule has 0 saturated carbocycles. The predicted molar refractivity (Wildman–Crippen MR) is 68.6 cm³/mol. The quantitative estimate of drug-likeness (QED) is 0.888. The van der Waals surface area contributed by atoms with Gasteiger partial charge >= 0.3 is 0 Å². The van der Waals surface area contributed by atoms with Crippen LogP contribution in [0.25, 0.3) is 0 Å². The molecule has 0 bridgehead atoms. The van der Waals surface area contributed by atoms with Gasteiger partial charge in [0.15, 0.2) is 0 Å². The van der Waals surface area contributed by atoms with Gasteiger partial charge in [0.1, 0.15) is 5.82 Å². The van der Waals surface area contributed by atoms with E-state index in [0.29, 0.717) is 6.42 Å². The monoisotopic (exact) mass is 247 g/mol. The lowest BCUT2D eigenvalue weighted by atomic mass is 9.97. The summed E-state index contributed by atoms with van der Waals surface area (Å²) < 4.78 is 13.4. The summed E-state index contributed by atoms with van der Waals surface area (Å²) in [6.45, 7) is 5.64. The van der Waals surface area contributed by atoms with Crippen molar-refractivity contribution >= 4 is 0 Å². The van der Waals surface area contributed by atoms with Crippen LogP contribution in [0.2, 0.25) is 0 Å². The maximum atomic E-state index is 13.4. The number of nitriles is 1. The molecule has 1 saturated heterocycles.